The predicted octanol–water partition coefficient (Wildman–Crippen LogP) is 3.66. The number of amidine groups is 1. The van der Waals surface area contributed by atoms with Crippen LogP contribution >= 0.6 is 11.8 Å². The molecule has 0 aromatic heterocycles. The summed E-state index contributed by atoms with van der Waals surface area (Å²) in [6, 6.07) is 15.1. The smallest absolute Gasteiger partial charge is 0.252 e. The third-order valence-corrected chi connectivity index (χ3v) is 8.85. The van der Waals surface area contributed by atoms with Gasteiger partial charge < -0.3 is 9.64 Å². The molecule has 2 aliphatic heterocycles. The highest BCUT2D eigenvalue weighted by Gasteiger charge is 2.49. The SMILES string of the molecule is COc1ccccc1CC(=O)N=C1SC2CS(=O)(=O)CC2N1c1ccccc1C(C)C. The van der Waals surface area contributed by atoms with Crippen LogP contribution in [0.15, 0.2) is 53.5 Å². The molecule has 4 rings (SSSR count). The molecule has 31 heavy (non-hydrogen) atoms. The van der Waals surface area contributed by atoms with E-state index in [-0.39, 0.29) is 41.0 Å². The predicted molar refractivity (Wildman–Crippen MR) is 126 cm³/mol. The van der Waals surface area contributed by atoms with Crippen LogP contribution in [-0.2, 0) is 21.1 Å². The minimum atomic E-state index is -3.11. The van der Waals surface area contributed by atoms with Gasteiger partial charge in [-0.2, -0.15) is 4.99 Å². The Bertz CT molecular complexity index is 1130. The molecule has 2 aromatic rings. The van der Waals surface area contributed by atoms with E-state index in [0.29, 0.717) is 10.9 Å². The number of fused-ring (bicyclic) bond motifs is 1. The summed E-state index contributed by atoms with van der Waals surface area (Å²) < 4.78 is 30.0. The van der Waals surface area contributed by atoms with Gasteiger partial charge in [0, 0.05) is 16.5 Å². The fraction of sp³-hybridized carbons (Fsp3) is 0.391. The van der Waals surface area contributed by atoms with E-state index in [0.717, 1.165) is 16.8 Å². The molecule has 0 spiro atoms. The van der Waals surface area contributed by atoms with Crippen molar-refractivity contribution in [1.82, 2.24) is 0 Å². The third kappa shape index (κ3) is 4.50. The molecular formula is C23H26N2O4S2. The molecule has 2 unspecified atom stereocenters. The lowest BCUT2D eigenvalue weighted by molar-refractivity contribution is -0.117. The molecule has 0 saturated carbocycles. The molecule has 0 radical (unpaired) electrons. The fourth-order valence-corrected chi connectivity index (χ4v) is 8.12. The maximum atomic E-state index is 12.9. The van der Waals surface area contributed by atoms with Gasteiger partial charge in [0.05, 0.1) is 31.1 Å². The highest BCUT2D eigenvalue weighted by atomic mass is 32.2. The van der Waals surface area contributed by atoms with Crippen LogP contribution in [0.5, 0.6) is 5.75 Å². The van der Waals surface area contributed by atoms with Gasteiger partial charge in [0.25, 0.3) is 5.91 Å². The van der Waals surface area contributed by atoms with Gasteiger partial charge >= 0.3 is 0 Å². The number of sulfone groups is 1. The lowest BCUT2D eigenvalue weighted by Gasteiger charge is -2.28. The number of nitrogens with zero attached hydrogens (tertiary/aromatic N) is 2. The van der Waals surface area contributed by atoms with E-state index in [9.17, 15) is 13.2 Å². The summed E-state index contributed by atoms with van der Waals surface area (Å²) in [6.45, 7) is 4.21. The Morgan fingerprint density at radius 3 is 2.61 bits per heavy atom. The number of rotatable bonds is 5. The number of hydrogen-bond acceptors (Lipinski definition) is 5. The Balaban J connectivity index is 1.70. The number of para-hydroxylation sites is 2. The van der Waals surface area contributed by atoms with E-state index in [4.69, 9.17) is 4.74 Å². The summed E-state index contributed by atoms with van der Waals surface area (Å²) in [5.41, 5.74) is 2.82. The van der Waals surface area contributed by atoms with E-state index in [2.05, 4.69) is 24.9 Å². The molecule has 164 valence electrons. The zero-order valence-corrected chi connectivity index (χ0v) is 19.4. The fourth-order valence-electron chi connectivity index (χ4n) is 4.20. The van der Waals surface area contributed by atoms with Gasteiger partial charge in [0.15, 0.2) is 15.0 Å². The van der Waals surface area contributed by atoms with Crippen LogP contribution < -0.4 is 9.64 Å². The van der Waals surface area contributed by atoms with Gasteiger partial charge in [-0.05, 0) is 23.6 Å². The van der Waals surface area contributed by atoms with Crippen LogP contribution in [0.4, 0.5) is 5.69 Å². The van der Waals surface area contributed by atoms with Crippen LogP contribution in [0.1, 0.15) is 30.9 Å². The third-order valence-electron chi connectivity index (χ3n) is 5.64. The van der Waals surface area contributed by atoms with Gasteiger partial charge in [-0.25, -0.2) is 8.42 Å². The van der Waals surface area contributed by atoms with Crippen molar-refractivity contribution in [2.75, 3.05) is 23.5 Å². The summed E-state index contributed by atoms with van der Waals surface area (Å²) >= 11 is 1.40. The van der Waals surface area contributed by atoms with Crippen molar-refractivity contribution in [3.8, 4) is 5.75 Å². The van der Waals surface area contributed by atoms with E-state index in [1.165, 1.54) is 11.8 Å². The Hall–Kier alpha value is -2.32. The number of hydrogen-bond donors (Lipinski definition) is 0. The molecule has 0 bridgehead atoms. The molecule has 1 amide bonds. The van der Waals surface area contributed by atoms with Crippen LogP contribution in [0.3, 0.4) is 0 Å². The number of methoxy groups -OCH3 is 1. The average molecular weight is 459 g/mol. The van der Waals surface area contributed by atoms with Crippen molar-refractivity contribution < 1.29 is 17.9 Å². The van der Waals surface area contributed by atoms with E-state index < -0.39 is 9.84 Å². The second-order valence-corrected chi connectivity index (χ2v) is 11.5. The van der Waals surface area contributed by atoms with Crippen LogP contribution in [0, 0.1) is 0 Å². The first-order chi connectivity index (χ1) is 14.8. The molecule has 6 nitrogen and oxygen atoms in total. The monoisotopic (exact) mass is 458 g/mol. The summed E-state index contributed by atoms with van der Waals surface area (Å²) in [7, 11) is -1.53. The second kappa shape index (κ2) is 8.67. The number of ether oxygens (including phenoxy) is 1. The van der Waals surface area contributed by atoms with E-state index in [1.807, 2.05) is 47.4 Å². The van der Waals surface area contributed by atoms with Gasteiger partial charge in [-0.15, -0.1) is 0 Å². The van der Waals surface area contributed by atoms with Gasteiger partial charge in [0.2, 0.25) is 0 Å². The minimum Gasteiger partial charge on any atom is -0.496 e. The molecule has 2 aliphatic rings. The standard InChI is InChI=1S/C23H26N2O4S2/c1-15(2)17-9-5-6-10-18(17)25-19-13-31(27,28)14-21(19)30-23(25)24-22(26)12-16-8-4-7-11-20(16)29-3/h4-11,15,19,21H,12-14H2,1-3H3. The molecule has 2 aromatic carbocycles. The highest BCUT2D eigenvalue weighted by Crippen LogP contribution is 2.43. The topological polar surface area (TPSA) is 76.0 Å². The average Bonchev–Trinajstić information content (AvgIpc) is 3.18. The number of thioether (sulfide) groups is 1. The number of benzene rings is 2. The summed E-state index contributed by atoms with van der Waals surface area (Å²) in [4.78, 5) is 19.3. The normalized spacial score (nSPS) is 23.4. The molecule has 2 fully saturated rings. The number of aliphatic imine (C=N–C) groups is 1. The lowest BCUT2D eigenvalue weighted by Crippen LogP contribution is -2.38. The summed E-state index contributed by atoms with van der Waals surface area (Å²) in [5, 5.41) is 0.459. The van der Waals surface area contributed by atoms with Crippen LogP contribution in [0.2, 0.25) is 0 Å². The van der Waals surface area contributed by atoms with Crippen LogP contribution in [0.25, 0.3) is 0 Å². The first kappa shape index (κ1) is 21.9. The maximum Gasteiger partial charge on any atom is 0.252 e. The highest BCUT2D eigenvalue weighted by molar-refractivity contribution is 8.16. The van der Waals surface area contributed by atoms with Crippen molar-refractivity contribution in [2.45, 2.75) is 37.5 Å². The zero-order chi connectivity index (χ0) is 22.2. The molecule has 0 N–H and O–H groups in total. The summed E-state index contributed by atoms with van der Waals surface area (Å²) in [5.74, 6) is 0.824. The minimum absolute atomic E-state index is 0.0802. The Kier molecular flexibility index (Phi) is 6.12. The first-order valence-electron chi connectivity index (χ1n) is 10.3. The van der Waals surface area contributed by atoms with Gasteiger partial charge in [-0.1, -0.05) is 62.0 Å². The molecule has 2 atom stereocenters. The summed E-state index contributed by atoms with van der Waals surface area (Å²) in [6.07, 6.45) is 0.126. The number of amides is 1. The Morgan fingerprint density at radius 1 is 1.16 bits per heavy atom. The van der Waals surface area contributed by atoms with Crippen molar-refractivity contribution >= 4 is 38.4 Å². The molecule has 2 heterocycles. The number of anilines is 1. The largest absolute Gasteiger partial charge is 0.496 e. The lowest BCUT2D eigenvalue weighted by atomic mass is 9.99. The van der Waals surface area contributed by atoms with Crippen molar-refractivity contribution in [3.63, 3.8) is 0 Å². The maximum absolute atomic E-state index is 12.9. The Morgan fingerprint density at radius 2 is 1.87 bits per heavy atom. The molecule has 0 aliphatic carbocycles. The molecule has 2 saturated heterocycles. The van der Waals surface area contributed by atoms with Crippen LogP contribution in [-0.4, -0.2) is 49.4 Å². The molecule has 8 heteroatoms. The van der Waals surface area contributed by atoms with Crippen molar-refractivity contribution in [2.24, 2.45) is 4.99 Å². The second-order valence-electron chi connectivity index (χ2n) is 8.16. The Labute approximate surface area is 187 Å². The first-order valence-corrected chi connectivity index (χ1v) is 13.0. The quantitative estimate of drug-likeness (QED) is 0.681. The van der Waals surface area contributed by atoms with Crippen molar-refractivity contribution in [3.05, 3.63) is 59.7 Å². The van der Waals surface area contributed by atoms with E-state index in [1.54, 1.807) is 7.11 Å². The van der Waals surface area contributed by atoms with Gasteiger partial charge in [-0.3, -0.25) is 4.79 Å². The van der Waals surface area contributed by atoms with E-state index >= 15 is 0 Å². The zero-order valence-electron chi connectivity index (χ0n) is 17.8. The molecular weight excluding hydrogens is 432 g/mol. The van der Waals surface area contributed by atoms with Crippen molar-refractivity contribution in [1.29, 1.82) is 0 Å². The van der Waals surface area contributed by atoms with Gasteiger partial charge in [0.1, 0.15) is 5.75 Å². The number of carbonyl (C=O) groups is 1. The number of carbonyl (C=O) groups excluding carboxylic acids is 1.